The fraction of sp³-hybridized carbons (Fsp3) is 0.429. The molecular formula is C14H18N2O4. The van der Waals surface area contributed by atoms with Crippen LogP contribution in [-0.4, -0.2) is 40.6 Å². The molecule has 0 aliphatic carbocycles. The highest BCUT2D eigenvalue weighted by Crippen LogP contribution is 2.22. The van der Waals surface area contributed by atoms with E-state index in [9.17, 15) is 4.79 Å². The van der Waals surface area contributed by atoms with Crippen molar-refractivity contribution < 1.29 is 18.7 Å². The van der Waals surface area contributed by atoms with Gasteiger partial charge in [0, 0.05) is 7.05 Å². The van der Waals surface area contributed by atoms with Crippen LogP contribution in [0.3, 0.4) is 0 Å². The molecule has 2 aromatic rings. The minimum absolute atomic E-state index is 0.0717. The molecule has 0 aromatic carbocycles. The number of hydrogen-bond acceptors (Lipinski definition) is 5. The van der Waals surface area contributed by atoms with Crippen molar-refractivity contribution in [1.29, 1.82) is 0 Å². The van der Waals surface area contributed by atoms with Crippen LogP contribution in [0.15, 0.2) is 27.2 Å². The number of aliphatic hydroxyl groups is 1. The topological polar surface area (TPSA) is 79.7 Å². The monoisotopic (exact) mass is 278 g/mol. The summed E-state index contributed by atoms with van der Waals surface area (Å²) < 4.78 is 10.7. The Bertz CT molecular complexity index is 574. The largest absolute Gasteiger partial charge is 0.459 e. The van der Waals surface area contributed by atoms with Crippen LogP contribution in [0, 0.1) is 6.92 Å². The molecule has 0 saturated heterocycles. The number of furan rings is 1. The van der Waals surface area contributed by atoms with Gasteiger partial charge in [-0.3, -0.25) is 4.79 Å². The van der Waals surface area contributed by atoms with E-state index < -0.39 is 0 Å². The van der Waals surface area contributed by atoms with E-state index >= 15 is 0 Å². The van der Waals surface area contributed by atoms with Gasteiger partial charge in [-0.05, 0) is 26.0 Å². The Labute approximate surface area is 117 Å². The second kappa shape index (κ2) is 5.92. The molecule has 2 rings (SSSR count). The predicted octanol–water partition coefficient (Wildman–Crippen LogP) is 1.62. The number of likely N-dealkylation sites (N-methyl/N-ethyl adjacent to an activating group) is 1. The maximum absolute atomic E-state index is 12.1. The highest BCUT2D eigenvalue weighted by Gasteiger charge is 2.20. The van der Waals surface area contributed by atoms with Crippen LogP contribution in [-0.2, 0) is 11.2 Å². The van der Waals surface area contributed by atoms with E-state index in [-0.39, 0.29) is 25.0 Å². The third-order valence-electron chi connectivity index (χ3n) is 3.26. The first-order chi connectivity index (χ1) is 9.52. The first-order valence-electron chi connectivity index (χ1n) is 6.39. The zero-order chi connectivity index (χ0) is 14.7. The second-order valence-corrected chi connectivity index (χ2v) is 4.71. The lowest BCUT2D eigenvalue weighted by Crippen LogP contribution is -2.38. The number of nitrogens with zero attached hydrogens (tertiary/aromatic N) is 2. The minimum atomic E-state index is -0.223. The zero-order valence-corrected chi connectivity index (χ0v) is 11.8. The van der Waals surface area contributed by atoms with Crippen molar-refractivity contribution >= 4 is 5.91 Å². The average molecular weight is 278 g/mol. The summed E-state index contributed by atoms with van der Waals surface area (Å²) in [5.74, 6) is 1.38. The van der Waals surface area contributed by atoms with Crippen molar-refractivity contribution in [3.8, 4) is 11.7 Å². The summed E-state index contributed by atoms with van der Waals surface area (Å²) in [6.45, 7) is 3.47. The third kappa shape index (κ3) is 2.91. The lowest BCUT2D eigenvalue weighted by Gasteiger charge is -2.22. The number of aryl methyl sites for hydroxylation is 1. The first kappa shape index (κ1) is 14.3. The smallest absolute Gasteiger partial charge is 0.263 e. The van der Waals surface area contributed by atoms with Gasteiger partial charge in [0.15, 0.2) is 5.76 Å². The summed E-state index contributed by atoms with van der Waals surface area (Å²) in [6, 6.07) is 3.27. The Hall–Kier alpha value is -2.08. The van der Waals surface area contributed by atoms with Gasteiger partial charge in [-0.15, -0.1) is 0 Å². The maximum Gasteiger partial charge on any atom is 0.263 e. The molecule has 0 bridgehead atoms. The van der Waals surface area contributed by atoms with Crippen molar-refractivity contribution in [2.24, 2.45) is 0 Å². The highest BCUT2D eigenvalue weighted by atomic mass is 16.4. The Morgan fingerprint density at radius 3 is 2.90 bits per heavy atom. The number of carbonyl (C=O) groups is 1. The van der Waals surface area contributed by atoms with E-state index in [4.69, 9.17) is 13.9 Å². The van der Waals surface area contributed by atoms with Gasteiger partial charge in [-0.25, -0.2) is 4.98 Å². The molecule has 0 aliphatic rings. The quantitative estimate of drug-likeness (QED) is 0.899. The summed E-state index contributed by atoms with van der Waals surface area (Å²) in [4.78, 5) is 17.9. The number of amides is 1. The normalized spacial score (nSPS) is 12.4. The van der Waals surface area contributed by atoms with Crippen LogP contribution in [0.4, 0.5) is 0 Å². The van der Waals surface area contributed by atoms with E-state index in [1.165, 1.54) is 11.2 Å². The summed E-state index contributed by atoms with van der Waals surface area (Å²) >= 11 is 0. The molecule has 0 saturated carbocycles. The second-order valence-electron chi connectivity index (χ2n) is 4.71. The molecule has 108 valence electrons. The summed E-state index contributed by atoms with van der Waals surface area (Å²) in [7, 11) is 1.66. The number of aromatic nitrogens is 1. The molecule has 2 aromatic heterocycles. The van der Waals surface area contributed by atoms with Gasteiger partial charge in [0.05, 0.1) is 31.0 Å². The van der Waals surface area contributed by atoms with E-state index in [1.54, 1.807) is 33.0 Å². The van der Waals surface area contributed by atoms with E-state index in [1.807, 2.05) is 0 Å². The summed E-state index contributed by atoms with van der Waals surface area (Å²) in [5, 5.41) is 9.06. The number of carbonyl (C=O) groups excluding carboxylic acids is 1. The molecule has 0 radical (unpaired) electrons. The molecule has 1 amide bonds. The van der Waals surface area contributed by atoms with Crippen molar-refractivity contribution in [1.82, 2.24) is 9.88 Å². The Morgan fingerprint density at radius 2 is 2.30 bits per heavy atom. The maximum atomic E-state index is 12.1. The molecular weight excluding hydrogens is 260 g/mol. The third-order valence-corrected chi connectivity index (χ3v) is 3.26. The van der Waals surface area contributed by atoms with Crippen molar-refractivity contribution in [2.45, 2.75) is 26.3 Å². The van der Waals surface area contributed by atoms with Crippen LogP contribution < -0.4 is 0 Å². The van der Waals surface area contributed by atoms with Gasteiger partial charge in [0.25, 0.3) is 5.89 Å². The van der Waals surface area contributed by atoms with E-state index in [2.05, 4.69) is 4.98 Å². The Kier molecular flexibility index (Phi) is 4.24. The molecule has 1 atom stereocenters. The molecule has 2 heterocycles. The van der Waals surface area contributed by atoms with Crippen molar-refractivity contribution in [3.05, 3.63) is 29.9 Å². The number of oxazole rings is 1. The molecule has 20 heavy (non-hydrogen) atoms. The average Bonchev–Trinajstić information content (AvgIpc) is 3.07. The zero-order valence-electron chi connectivity index (χ0n) is 11.8. The molecule has 0 aliphatic heterocycles. The van der Waals surface area contributed by atoms with Gasteiger partial charge in [0.1, 0.15) is 5.76 Å². The molecule has 0 fully saturated rings. The van der Waals surface area contributed by atoms with Crippen molar-refractivity contribution in [3.63, 3.8) is 0 Å². The van der Waals surface area contributed by atoms with Gasteiger partial charge in [-0.2, -0.15) is 0 Å². The van der Waals surface area contributed by atoms with E-state index in [0.717, 1.165) is 0 Å². The van der Waals surface area contributed by atoms with Crippen LogP contribution in [0.5, 0.6) is 0 Å². The van der Waals surface area contributed by atoms with Gasteiger partial charge >= 0.3 is 0 Å². The SMILES string of the molecule is Cc1oc(-c2ccco2)nc1CC(=O)N(C)C(C)CO. The molecule has 1 N–H and O–H groups in total. The van der Waals surface area contributed by atoms with Crippen LogP contribution in [0.2, 0.25) is 0 Å². The fourth-order valence-corrected chi connectivity index (χ4v) is 1.73. The fourth-order valence-electron chi connectivity index (χ4n) is 1.73. The van der Waals surface area contributed by atoms with Gasteiger partial charge in [-0.1, -0.05) is 0 Å². The highest BCUT2D eigenvalue weighted by molar-refractivity contribution is 5.78. The number of hydrogen-bond donors (Lipinski definition) is 1. The lowest BCUT2D eigenvalue weighted by atomic mass is 10.2. The minimum Gasteiger partial charge on any atom is -0.459 e. The van der Waals surface area contributed by atoms with Crippen LogP contribution >= 0.6 is 0 Å². The van der Waals surface area contributed by atoms with Crippen LogP contribution in [0.1, 0.15) is 18.4 Å². The molecule has 1 unspecified atom stereocenters. The number of rotatable bonds is 5. The molecule has 6 nitrogen and oxygen atoms in total. The standard InChI is InChI=1S/C14H18N2O4/c1-9(8-17)16(3)13(18)7-11-10(2)20-14(15-11)12-5-4-6-19-12/h4-6,9,17H,7-8H2,1-3H3. The predicted molar refractivity (Wildman–Crippen MR) is 72.0 cm³/mol. The molecule has 6 heteroatoms. The number of aliphatic hydroxyl groups excluding tert-OH is 1. The van der Waals surface area contributed by atoms with Crippen molar-refractivity contribution in [2.75, 3.05) is 13.7 Å². The summed E-state index contributed by atoms with van der Waals surface area (Å²) in [6.07, 6.45) is 1.67. The Morgan fingerprint density at radius 1 is 1.55 bits per heavy atom. The van der Waals surface area contributed by atoms with Gasteiger partial charge < -0.3 is 18.8 Å². The first-order valence-corrected chi connectivity index (χ1v) is 6.39. The van der Waals surface area contributed by atoms with E-state index in [0.29, 0.717) is 23.1 Å². The lowest BCUT2D eigenvalue weighted by molar-refractivity contribution is -0.131. The summed E-state index contributed by atoms with van der Waals surface area (Å²) in [5.41, 5.74) is 0.582. The Balaban J connectivity index is 2.12. The molecule has 0 spiro atoms. The van der Waals surface area contributed by atoms with Crippen LogP contribution in [0.25, 0.3) is 11.7 Å². The van der Waals surface area contributed by atoms with Gasteiger partial charge in [0.2, 0.25) is 5.91 Å².